The highest BCUT2D eigenvalue weighted by molar-refractivity contribution is 5.23. The summed E-state index contributed by atoms with van der Waals surface area (Å²) in [4.78, 5) is 2.49. The van der Waals surface area contributed by atoms with Crippen LogP contribution < -0.4 is 5.32 Å². The van der Waals surface area contributed by atoms with Crippen molar-refractivity contribution < 1.29 is 4.39 Å². The standard InChI is InChI=1S/C14H21FN2/c1-12-10-13(4-5-14(12)15)11-16-6-9-17-7-2-3-8-17/h4-5,10,16H,2-3,6-9,11H2,1H3. The summed E-state index contributed by atoms with van der Waals surface area (Å²) in [7, 11) is 0. The van der Waals surface area contributed by atoms with Crippen LogP contribution in [0.15, 0.2) is 18.2 Å². The van der Waals surface area contributed by atoms with Crippen LogP contribution in [0.2, 0.25) is 0 Å². The van der Waals surface area contributed by atoms with Crippen LogP contribution in [0.3, 0.4) is 0 Å². The topological polar surface area (TPSA) is 15.3 Å². The van der Waals surface area contributed by atoms with Gasteiger partial charge < -0.3 is 10.2 Å². The maximum absolute atomic E-state index is 13.1. The molecule has 0 amide bonds. The molecule has 1 fully saturated rings. The van der Waals surface area contributed by atoms with Gasteiger partial charge >= 0.3 is 0 Å². The first-order valence-corrected chi connectivity index (χ1v) is 6.44. The van der Waals surface area contributed by atoms with Gasteiger partial charge in [-0.2, -0.15) is 0 Å². The van der Waals surface area contributed by atoms with E-state index in [4.69, 9.17) is 0 Å². The van der Waals surface area contributed by atoms with Crippen LogP contribution >= 0.6 is 0 Å². The molecule has 0 aliphatic carbocycles. The first kappa shape index (κ1) is 12.5. The molecule has 0 aromatic heterocycles. The van der Waals surface area contributed by atoms with Crippen molar-refractivity contribution in [3.8, 4) is 0 Å². The summed E-state index contributed by atoms with van der Waals surface area (Å²) < 4.78 is 13.1. The van der Waals surface area contributed by atoms with Crippen molar-refractivity contribution in [2.24, 2.45) is 0 Å². The zero-order chi connectivity index (χ0) is 12.1. The molecule has 1 N–H and O–H groups in total. The van der Waals surface area contributed by atoms with E-state index in [0.29, 0.717) is 0 Å². The van der Waals surface area contributed by atoms with E-state index >= 15 is 0 Å². The second kappa shape index (κ2) is 6.12. The Hall–Kier alpha value is -0.930. The molecule has 0 saturated carbocycles. The van der Waals surface area contributed by atoms with Gasteiger partial charge in [-0.05, 0) is 50.0 Å². The van der Waals surface area contributed by atoms with Crippen molar-refractivity contribution in [3.63, 3.8) is 0 Å². The summed E-state index contributed by atoms with van der Waals surface area (Å²) in [6, 6.07) is 5.32. The van der Waals surface area contributed by atoms with Crippen molar-refractivity contribution in [2.45, 2.75) is 26.3 Å². The van der Waals surface area contributed by atoms with Gasteiger partial charge in [0.15, 0.2) is 0 Å². The first-order chi connectivity index (χ1) is 8.25. The molecule has 3 heteroatoms. The van der Waals surface area contributed by atoms with Gasteiger partial charge in [0.05, 0.1) is 0 Å². The molecular formula is C14H21FN2. The molecule has 0 spiro atoms. The maximum Gasteiger partial charge on any atom is 0.126 e. The average Bonchev–Trinajstić information content (AvgIpc) is 2.82. The lowest BCUT2D eigenvalue weighted by atomic mass is 10.1. The number of nitrogens with one attached hydrogen (secondary N) is 1. The van der Waals surface area contributed by atoms with Gasteiger partial charge in [0.1, 0.15) is 5.82 Å². The van der Waals surface area contributed by atoms with Gasteiger partial charge in [-0.15, -0.1) is 0 Å². The Morgan fingerprint density at radius 2 is 2.06 bits per heavy atom. The SMILES string of the molecule is Cc1cc(CNCCN2CCCC2)ccc1F. The predicted octanol–water partition coefficient (Wildman–Crippen LogP) is 2.32. The minimum atomic E-state index is -0.120. The van der Waals surface area contributed by atoms with Crippen LogP contribution in [-0.2, 0) is 6.54 Å². The molecule has 2 rings (SSSR count). The van der Waals surface area contributed by atoms with E-state index < -0.39 is 0 Å². The average molecular weight is 236 g/mol. The molecule has 0 unspecified atom stereocenters. The second-order valence-electron chi connectivity index (χ2n) is 4.81. The molecule has 2 nitrogen and oxygen atoms in total. The number of hydrogen-bond donors (Lipinski definition) is 1. The summed E-state index contributed by atoms with van der Waals surface area (Å²) >= 11 is 0. The number of aryl methyl sites for hydroxylation is 1. The van der Waals surface area contributed by atoms with Crippen molar-refractivity contribution in [1.82, 2.24) is 10.2 Å². The fourth-order valence-electron chi connectivity index (χ4n) is 2.29. The Labute approximate surface area is 103 Å². The van der Waals surface area contributed by atoms with E-state index in [0.717, 1.165) is 30.8 Å². The molecule has 1 aromatic carbocycles. The number of likely N-dealkylation sites (tertiary alicyclic amines) is 1. The molecule has 0 radical (unpaired) electrons. The minimum absolute atomic E-state index is 0.120. The van der Waals surface area contributed by atoms with Crippen LogP contribution in [0, 0.1) is 12.7 Å². The Balaban J connectivity index is 1.68. The molecule has 1 aliphatic rings. The molecule has 0 atom stereocenters. The van der Waals surface area contributed by atoms with E-state index in [1.807, 2.05) is 19.1 Å². The Bertz CT molecular complexity index is 359. The van der Waals surface area contributed by atoms with Crippen LogP contribution in [0.25, 0.3) is 0 Å². The minimum Gasteiger partial charge on any atom is -0.311 e. The lowest BCUT2D eigenvalue weighted by Crippen LogP contribution is -2.29. The largest absolute Gasteiger partial charge is 0.311 e. The highest BCUT2D eigenvalue weighted by atomic mass is 19.1. The van der Waals surface area contributed by atoms with Crippen molar-refractivity contribution >= 4 is 0 Å². The summed E-state index contributed by atoms with van der Waals surface area (Å²) in [5.41, 5.74) is 1.88. The van der Waals surface area contributed by atoms with Crippen LogP contribution in [0.1, 0.15) is 24.0 Å². The van der Waals surface area contributed by atoms with E-state index in [9.17, 15) is 4.39 Å². The monoisotopic (exact) mass is 236 g/mol. The normalized spacial score (nSPS) is 16.6. The van der Waals surface area contributed by atoms with Crippen molar-refractivity contribution in [3.05, 3.63) is 35.1 Å². The molecule has 17 heavy (non-hydrogen) atoms. The molecule has 0 bridgehead atoms. The summed E-state index contributed by atoms with van der Waals surface area (Å²) in [6.07, 6.45) is 2.69. The lowest BCUT2D eigenvalue weighted by Gasteiger charge is -2.14. The third-order valence-electron chi connectivity index (χ3n) is 3.35. The highest BCUT2D eigenvalue weighted by Crippen LogP contribution is 2.09. The van der Waals surface area contributed by atoms with Gasteiger partial charge in [-0.3, -0.25) is 0 Å². The van der Waals surface area contributed by atoms with Crippen LogP contribution in [0.4, 0.5) is 4.39 Å². The van der Waals surface area contributed by atoms with E-state index in [1.54, 1.807) is 6.07 Å². The van der Waals surface area contributed by atoms with Gasteiger partial charge in [0.25, 0.3) is 0 Å². The molecule has 1 saturated heterocycles. The maximum atomic E-state index is 13.1. The van der Waals surface area contributed by atoms with Gasteiger partial charge in [0.2, 0.25) is 0 Å². The van der Waals surface area contributed by atoms with Crippen molar-refractivity contribution in [1.29, 1.82) is 0 Å². The van der Waals surface area contributed by atoms with E-state index in [1.165, 1.54) is 25.9 Å². The summed E-state index contributed by atoms with van der Waals surface area (Å²) in [5, 5.41) is 3.41. The Kier molecular flexibility index (Phi) is 4.51. The van der Waals surface area contributed by atoms with Crippen molar-refractivity contribution in [2.75, 3.05) is 26.2 Å². The fraction of sp³-hybridized carbons (Fsp3) is 0.571. The second-order valence-corrected chi connectivity index (χ2v) is 4.81. The van der Waals surface area contributed by atoms with Gasteiger partial charge in [-0.25, -0.2) is 4.39 Å². The smallest absolute Gasteiger partial charge is 0.126 e. The van der Waals surface area contributed by atoms with E-state index in [-0.39, 0.29) is 5.82 Å². The molecule has 1 heterocycles. The number of benzene rings is 1. The number of rotatable bonds is 5. The lowest BCUT2D eigenvalue weighted by molar-refractivity contribution is 0.335. The number of halogens is 1. The predicted molar refractivity (Wildman–Crippen MR) is 68.5 cm³/mol. The first-order valence-electron chi connectivity index (χ1n) is 6.44. The van der Waals surface area contributed by atoms with Crippen LogP contribution in [-0.4, -0.2) is 31.1 Å². The van der Waals surface area contributed by atoms with Gasteiger partial charge in [0, 0.05) is 19.6 Å². The molecule has 94 valence electrons. The highest BCUT2D eigenvalue weighted by Gasteiger charge is 2.09. The fourth-order valence-corrected chi connectivity index (χ4v) is 2.29. The zero-order valence-corrected chi connectivity index (χ0v) is 10.5. The zero-order valence-electron chi connectivity index (χ0n) is 10.5. The third kappa shape index (κ3) is 3.79. The van der Waals surface area contributed by atoms with Crippen LogP contribution in [0.5, 0.6) is 0 Å². The van der Waals surface area contributed by atoms with E-state index in [2.05, 4.69) is 10.2 Å². The number of hydrogen-bond acceptors (Lipinski definition) is 2. The third-order valence-corrected chi connectivity index (χ3v) is 3.35. The van der Waals surface area contributed by atoms with Gasteiger partial charge in [-0.1, -0.05) is 12.1 Å². The Morgan fingerprint density at radius 1 is 1.29 bits per heavy atom. The molecular weight excluding hydrogens is 215 g/mol. The quantitative estimate of drug-likeness (QED) is 0.789. The Morgan fingerprint density at radius 3 is 2.76 bits per heavy atom. The number of nitrogens with zero attached hydrogens (tertiary/aromatic N) is 1. The molecule has 1 aromatic rings. The summed E-state index contributed by atoms with van der Waals surface area (Å²) in [6.45, 7) is 7.27. The summed E-state index contributed by atoms with van der Waals surface area (Å²) in [5.74, 6) is -0.120. The molecule has 1 aliphatic heterocycles.